The van der Waals surface area contributed by atoms with E-state index in [9.17, 15) is 4.79 Å². The smallest absolute Gasteiger partial charge is 0.231 e. The molecule has 1 saturated heterocycles. The first-order chi connectivity index (χ1) is 9.67. The van der Waals surface area contributed by atoms with Crippen LogP contribution in [0, 0.1) is 5.41 Å². The third-order valence-electron chi connectivity index (χ3n) is 3.87. The Morgan fingerprint density at radius 3 is 2.76 bits per heavy atom. The molecule has 1 atom stereocenters. The number of carbonyl (C=O) groups is 1. The van der Waals surface area contributed by atoms with E-state index in [0.717, 1.165) is 42.7 Å². The predicted octanol–water partition coefficient (Wildman–Crippen LogP) is 2.38. The van der Waals surface area contributed by atoms with Crippen LogP contribution in [0.2, 0.25) is 0 Å². The molecule has 0 radical (unpaired) electrons. The first kappa shape index (κ1) is 15.7. The van der Waals surface area contributed by atoms with Crippen LogP contribution >= 0.6 is 12.4 Å². The summed E-state index contributed by atoms with van der Waals surface area (Å²) in [7, 11) is 0. The highest BCUT2D eigenvalue weighted by atomic mass is 35.5. The van der Waals surface area contributed by atoms with Crippen LogP contribution in [-0.4, -0.2) is 29.0 Å². The maximum Gasteiger partial charge on any atom is 0.231 e. The fourth-order valence-corrected chi connectivity index (χ4v) is 2.57. The third-order valence-corrected chi connectivity index (χ3v) is 3.87. The van der Waals surface area contributed by atoms with Gasteiger partial charge in [-0.2, -0.15) is 0 Å². The van der Waals surface area contributed by atoms with Crippen molar-refractivity contribution < 1.29 is 4.79 Å². The molecule has 5 nitrogen and oxygen atoms in total. The van der Waals surface area contributed by atoms with Crippen LogP contribution in [0.15, 0.2) is 30.6 Å². The van der Waals surface area contributed by atoms with Gasteiger partial charge in [0.25, 0.3) is 0 Å². The maximum atomic E-state index is 12.4. The normalized spacial score (nSPS) is 21.6. The largest absolute Gasteiger partial charge is 0.325 e. The van der Waals surface area contributed by atoms with Crippen LogP contribution in [0.25, 0.3) is 11.0 Å². The van der Waals surface area contributed by atoms with Crippen LogP contribution in [0.4, 0.5) is 5.69 Å². The second-order valence-corrected chi connectivity index (χ2v) is 5.55. The van der Waals surface area contributed by atoms with Crippen LogP contribution in [-0.2, 0) is 4.79 Å². The molecule has 0 saturated carbocycles. The third kappa shape index (κ3) is 3.31. The Morgan fingerprint density at radius 2 is 2.05 bits per heavy atom. The highest BCUT2D eigenvalue weighted by Crippen LogP contribution is 2.27. The molecule has 2 heterocycles. The highest BCUT2D eigenvalue weighted by molar-refractivity contribution is 5.96. The van der Waals surface area contributed by atoms with E-state index in [0.29, 0.717) is 0 Å². The molecule has 6 heteroatoms. The number of rotatable bonds is 2. The van der Waals surface area contributed by atoms with Crippen LogP contribution in [0.5, 0.6) is 0 Å². The summed E-state index contributed by atoms with van der Waals surface area (Å²) < 4.78 is 0. The maximum absolute atomic E-state index is 12.4. The number of benzene rings is 1. The van der Waals surface area contributed by atoms with E-state index in [-0.39, 0.29) is 23.7 Å². The van der Waals surface area contributed by atoms with Gasteiger partial charge in [-0.05, 0) is 44.5 Å². The zero-order valence-electron chi connectivity index (χ0n) is 11.9. The average molecular weight is 307 g/mol. The van der Waals surface area contributed by atoms with E-state index in [1.165, 1.54) is 0 Å². The van der Waals surface area contributed by atoms with Gasteiger partial charge < -0.3 is 10.6 Å². The van der Waals surface area contributed by atoms with Gasteiger partial charge in [-0.15, -0.1) is 12.4 Å². The van der Waals surface area contributed by atoms with Crippen molar-refractivity contribution in [2.45, 2.75) is 19.8 Å². The minimum atomic E-state index is -0.338. The molecule has 1 fully saturated rings. The molecular weight excluding hydrogens is 288 g/mol. The summed E-state index contributed by atoms with van der Waals surface area (Å²) in [6, 6.07) is 5.60. The lowest BCUT2D eigenvalue weighted by Crippen LogP contribution is -2.46. The average Bonchev–Trinajstić information content (AvgIpc) is 2.48. The van der Waals surface area contributed by atoms with Gasteiger partial charge in [-0.1, -0.05) is 0 Å². The SMILES string of the molecule is CC1(C(=O)Nc2ccc3nccnc3c2)CCCNC1.Cl. The summed E-state index contributed by atoms with van der Waals surface area (Å²) in [5.74, 6) is 0.0629. The molecule has 1 aliphatic rings. The molecule has 2 aromatic rings. The molecule has 1 aromatic heterocycles. The quantitative estimate of drug-likeness (QED) is 0.894. The number of aromatic nitrogens is 2. The number of hydrogen-bond acceptors (Lipinski definition) is 4. The van der Waals surface area contributed by atoms with Gasteiger partial charge in [0.1, 0.15) is 0 Å². The minimum absolute atomic E-state index is 0. The van der Waals surface area contributed by atoms with Crippen molar-refractivity contribution in [1.82, 2.24) is 15.3 Å². The summed E-state index contributed by atoms with van der Waals surface area (Å²) >= 11 is 0. The molecule has 0 aliphatic carbocycles. The standard InChI is InChI=1S/C15H18N4O.ClH/c1-15(5-2-6-16-10-15)14(20)19-11-3-4-12-13(9-11)18-8-7-17-12;/h3-4,7-9,16H,2,5-6,10H2,1H3,(H,19,20);1H. The second kappa shape index (κ2) is 6.37. The number of halogens is 1. The Bertz CT molecular complexity index is 640. The van der Waals surface area contributed by atoms with Crippen molar-refractivity contribution >= 4 is 35.0 Å². The highest BCUT2D eigenvalue weighted by Gasteiger charge is 2.34. The molecule has 0 spiro atoms. The molecule has 21 heavy (non-hydrogen) atoms. The number of nitrogens with zero attached hydrogens (tertiary/aromatic N) is 2. The van der Waals surface area contributed by atoms with Gasteiger partial charge in [0.2, 0.25) is 5.91 Å². The lowest BCUT2D eigenvalue weighted by molar-refractivity contribution is -0.125. The van der Waals surface area contributed by atoms with E-state index >= 15 is 0 Å². The summed E-state index contributed by atoms with van der Waals surface area (Å²) in [4.78, 5) is 20.9. The zero-order chi connectivity index (χ0) is 14.0. The van der Waals surface area contributed by atoms with E-state index in [1.54, 1.807) is 12.4 Å². The van der Waals surface area contributed by atoms with Crippen molar-refractivity contribution in [2.24, 2.45) is 5.41 Å². The molecule has 2 N–H and O–H groups in total. The Kier molecular flexibility index (Phi) is 4.75. The zero-order valence-corrected chi connectivity index (χ0v) is 12.7. The molecule has 1 unspecified atom stereocenters. The number of hydrogen-bond donors (Lipinski definition) is 2. The molecule has 1 aromatic carbocycles. The van der Waals surface area contributed by atoms with E-state index in [2.05, 4.69) is 20.6 Å². The van der Waals surface area contributed by atoms with Crippen molar-refractivity contribution in [2.75, 3.05) is 18.4 Å². The predicted molar refractivity (Wildman–Crippen MR) is 85.6 cm³/mol. The number of carbonyl (C=O) groups excluding carboxylic acids is 1. The Hall–Kier alpha value is -1.72. The topological polar surface area (TPSA) is 66.9 Å². The fourth-order valence-electron chi connectivity index (χ4n) is 2.57. The fraction of sp³-hybridized carbons (Fsp3) is 0.400. The molecular formula is C15H19ClN4O. The molecule has 1 amide bonds. The van der Waals surface area contributed by atoms with Gasteiger partial charge in [-0.3, -0.25) is 14.8 Å². The van der Waals surface area contributed by atoms with E-state index in [4.69, 9.17) is 0 Å². The molecule has 1 aliphatic heterocycles. The Morgan fingerprint density at radius 1 is 1.29 bits per heavy atom. The van der Waals surface area contributed by atoms with Gasteiger partial charge in [0, 0.05) is 24.6 Å². The van der Waals surface area contributed by atoms with Crippen LogP contribution in [0.1, 0.15) is 19.8 Å². The van der Waals surface area contributed by atoms with Gasteiger partial charge in [0.15, 0.2) is 0 Å². The number of amides is 1. The van der Waals surface area contributed by atoms with Crippen LogP contribution < -0.4 is 10.6 Å². The minimum Gasteiger partial charge on any atom is -0.325 e. The van der Waals surface area contributed by atoms with Crippen molar-refractivity contribution in [3.63, 3.8) is 0 Å². The summed E-state index contributed by atoms with van der Waals surface area (Å²) in [5, 5.41) is 6.29. The van der Waals surface area contributed by atoms with E-state index in [1.807, 2.05) is 25.1 Å². The van der Waals surface area contributed by atoms with Crippen molar-refractivity contribution in [3.8, 4) is 0 Å². The van der Waals surface area contributed by atoms with Crippen molar-refractivity contribution in [1.29, 1.82) is 0 Å². The molecule has 112 valence electrons. The van der Waals surface area contributed by atoms with Gasteiger partial charge in [0.05, 0.1) is 16.4 Å². The number of fused-ring (bicyclic) bond motifs is 1. The van der Waals surface area contributed by atoms with E-state index < -0.39 is 0 Å². The van der Waals surface area contributed by atoms with Gasteiger partial charge in [-0.25, -0.2) is 0 Å². The monoisotopic (exact) mass is 306 g/mol. The molecule has 0 bridgehead atoms. The Balaban J connectivity index is 0.00000161. The second-order valence-electron chi connectivity index (χ2n) is 5.55. The van der Waals surface area contributed by atoms with Crippen LogP contribution in [0.3, 0.4) is 0 Å². The Labute approximate surface area is 130 Å². The lowest BCUT2D eigenvalue weighted by Gasteiger charge is -2.32. The summed E-state index contributed by atoms with van der Waals surface area (Å²) in [6.07, 6.45) is 5.27. The number of nitrogens with one attached hydrogen (secondary N) is 2. The summed E-state index contributed by atoms with van der Waals surface area (Å²) in [6.45, 7) is 3.73. The lowest BCUT2D eigenvalue weighted by atomic mass is 9.82. The number of piperidine rings is 1. The number of anilines is 1. The van der Waals surface area contributed by atoms with Gasteiger partial charge >= 0.3 is 0 Å². The first-order valence-corrected chi connectivity index (χ1v) is 6.90. The molecule has 3 rings (SSSR count). The first-order valence-electron chi connectivity index (χ1n) is 6.90. The summed E-state index contributed by atoms with van der Waals surface area (Å²) in [5.41, 5.74) is 2.05. The van der Waals surface area contributed by atoms with Crippen molar-refractivity contribution in [3.05, 3.63) is 30.6 Å².